The number of benzene rings is 3. The molecule has 6 nitrogen and oxygen atoms in total. The van der Waals surface area contributed by atoms with Crippen molar-refractivity contribution in [1.82, 2.24) is 5.43 Å². The predicted octanol–water partition coefficient (Wildman–Crippen LogP) is 5.38. The van der Waals surface area contributed by atoms with Crippen molar-refractivity contribution in [1.29, 1.82) is 0 Å². The van der Waals surface area contributed by atoms with Crippen LogP contribution in [0.2, 0.25) is 0 Å². The van der Waals surface area contributed by atoms with Crippen molar-refractivity contribution in [2.45, 2.75) is 20.0 Å². The van der Waals surface area contributed by atoms with Gasteiger partial charge < -0.3 is 14.8 Å². The van der Waals surface area contributed by atoms with E-state index in [1.54, 1.807) is 18.3 Å². The molecule has 0 aliphatic rings. The molecule has 0 aromatic heterocycles. The van der Waals surface area contributed by atoms with E-state index in [0.29, 0.717) is 23.8 Å². The molecular formula is C24H25N3O3. The van der Waals surface area contributed by atoms with Crippen LogP contribution < -0.4 is 20.2 Å². The largest absolute Gasteiger partial charge is 0.490 e. The average Bonchev–Trinajstić information content (AvgIpc) is 2.77. The number of carbonyl (C=O) groups excluding carboxylic acids is 1. The van der Waals surface area contributed by atoms with E-state index in [2.05, 4.69) is 15.8 Å². The molecule has 0 aliphatic heterocycles. The third-order valence-electron chi connectivity index (χ3n) is 4.25. The number of amides is 2. The molecule has 0 fully saturated rings. The van der Waals surface area contributed by atoms with Crippen LogP contribution in [0.5, 0.6) is 11.5 Å². The van der Waals surface area contributed by atoms with E-state index in [4.69, 9.17) is 9.47 Å². The fraction of sp³-hybridized carbons (Fsp3) is 0.167. The maximum absolute atomic E-state index is 11.9. The summed E-state index contributed by atoms with van der Waals surface area (Å²) in [7, 11) is 0. The first kappa shape index (κ1) is 20.9. The molecule has 0 aliphatic carbocycles. The number of urea groups is 1. The minimum absolute atomic E-state index is 0.117. The molecule has 0 spiro atoms. The zero-order valence-electron chi connectivity index (χ0n) is 17.0. The van der Waals surface area contributed by atoms with Crippen molar-refractivity contribution in [2.24, 2.45) is 5.10 Å². The Balaban J connectivity index is 1.63. The monoisotopic (exact) mass is 403 g/mol. The first-order chi connectivity index (χ1) is 14.7. The normalized spacial score (nSPS) is 11.7. The van der Waals surface area contributed by atoms with Gasteiger partial charge in [0, 0.05) is 5.69 Å². The zero-order chi connectivity index (χ0) is 21.2. The molecule has 2 N–H and O–H groups in total. The highest BCUT2D eigenvalue weighted by atomic mass is 16.5. The number of nitrogens with zero attached hydrogens (tertiary/aromatic N) is 1. The smallest absolute Gasteiger partial charge is 0.339 e. The Hall–Kier alpha value is -3.80. The second kappa shape index (κ2) is 10.7. The average molecular weight is 403 g/mol. The van der Waals surface area contributed by atoms with Crippen LogP contribution in [0.1, 0.15) is 31.1 Å². The van der Waals surface area contributed by atoms with Crippen molar-refractivity contribution in [3.8, 4) is 11.5 Å². The van der Waals surface area contributed by atoms with Crippen molar-refractivity contribution >= 4 is 17.9 Å². The molecular weight excluding hydrogens is 378 g/mol. The summed E-state index contributed by atoms with van der Waals surface area (Å²) in [6, 6.07) is 24.3. The summed E-state index contributed by atoms with van der Waals surface area (Å²) in [5, 5.41) is 6.69. The van der Waals surface area contributed by atoms with Crippen molar-refractivity contribution in [2.75, 3.05) is 11.9 Å². The van der Waals surface area contributed by atoms with Crippen molar-refractivity contribution < 1.29 is 14.3 Å². The number of anilines is 1. The summed E-state index contributed by atoms with van der Waals surface area (Å²) in [6.45, 7) is 4.42. The van der Waals surface area contributed by atoms with E-state index < -0.39 is 6.03 Å². The molecule has 154 valence electrons. The standard InChI is InChI=1S/C24H25N3O3/c1-3-29-23-16-19(17-25-27-24(28)26-21-12-8-5-9-13-21)14-15-22(23)30-18(2)20-10-6-4-7-11-20/h4-18H,3H2,1-2H3,(H2,26,27,28)/b25-17-/t18-/m0/s1. The van der Waals surface area contributed by atoms with Crippen LogP contribution in [0, 0.1) is 0 Å². The Kier molecular flexibility index (Phi) is 7.44. The van der Waals surface area contributed by atoms with Crippen LogP contribution >= 0.6 is 0 Å². The third-order valence-corrected chi connectivity index (χ3v) is 4.25. The number of para-hydroxylation sites is 1. The topological polar surface area (TPSA) is 72.0 Å². The predicted molar refractivity (Wildman–Crippen MR) is 119 cm³/mol. The lowest BCUT2D eigenvalue weighted by Gasteiger charge is -2.18. The summed E-state index contributed by atoms with van der Waals surface area (Å²) in [4.78, 5) is 11.9. The summed E-state index contributed by atoms with van der Waals surface area (Å²) in [5.41, 5.74) is 5.00. The Morgan fingerprint density at radius 3 is 2.40 bits per heavy atom. The molecule has 3 aromatic carbocycles. The minimum Gasteiger partial charge on any atom is -0.490 e. The lowest BCUT2D eigenvalue weighted by Crippen LogP contribution is -2.24. The summed E-state index contributed by atoms with van der Waals surface area (Å²) < 4.78 is 11.8. The fourth-order valence-electron chi connectivity index (χ4n) is 2.80. The van der Waals surface area contributed by atoms with Crippen LogP contribution in [0.4, 0.5) is 10.5 Å². The van der Waals surface area contributed by atoms with Gasteiger partial charge in [-0.3, -0.25) is 0 Å². The SMILES string of the molecule is CCOc1cc(/C=N\NC(=O)Nc2ccccc2)ccc1O[C@@H](C)c1ccccc1. The van der Waals surface area contributed by atoms with Gasteiger partial charge in [0.25, 0.3) is 0 Å². The molecule has 0 unspecified atom stereocenters. The molecule has 0 bridgehead atoms. The van der Waals surface area contributed by atoms with Gasteiger partial charge in [-0.2, -0.15) is 5.10 Å². The van der Waals surface area contributed by atoms with Gasteiger partial charge in [0.15, 0.2) is 11.5 Å². The fourth-order valence-corrected chi connectivity index (χ4v) is 2.80. The number of hydrazone groups is 1. The molecule has 3 rings (SSSR count). The van der Waals surface area contributed by atoms with Crippen LogP contribution in [-0.2, 0) is 0 Å². The van der Waals surface area contributed by atoms with Crippen molar-refractivity contribution in [3.05, 3.63) is 90.0 Å². The second-order valence-electron chi connectivity index (χ2n) is 6.50. The molecule has 2 amide bonds. The van der Waals surface area contributed by atoms with Gasteiger partial charge in [0.2, 0.25) is 0 Å². The molecule has 1 atom stereocenters. The number of ether oxygens (including phenoxy) is 2. The van der Waals surface area contributed by atoms with Gasteiger partial charge in [0.1, 0.15) is 6.10 Å². The third kappa shape index (κ3) is 6.10. The highest BCUT2D eigenvalue weighted by Gasteiger charge is 2.12. The highest BCUT2D eigenvalue weighted by molar-refractivity contribution is 5.90. The zero-order valence-corrected chi connectivity index (χ0v) is 17.0. The van der Waals surface area contributed by atoms with E-state index in [9.17, 15) is 4.79 Å². The molecule has 0 saturated carbocycles. The maximum atomic E-state index is 11.9. The van der Waals surface area contributed by atoms with Crippen molar-refractivity contribution in [3.63, 3.8) is 0 Å². The Morgan fingerprint density at radius 2 is 1.70 bits per heavy atom. The number of rotatable bonds is 8. The molecule has 6 heteroatoms. The Morgan fingerprint density at radius 1 is 1.00 bits per heavy atom. The van der Waals surface area contributed by atoms with E-state index in [-0.39, 0.29) is 6.10 Å². The van der Waals surface area contributed by atoms with E-state index in [0.717, 1.165) is 11.1 Å². The van der Waals surface area contributed by atoms with Crippen LogP contribution in [0.3, 0.4) is 0 Å². The Bertz CT molecular complexity index is 976. The number of carbonyl (C=O) groups is 1. The molecule has 3 aromatic rings. The quantitative estimate of drug-likeness (QED) is 0.392. The molecule has 30 heavy (non-hydrogen) atoms. The van der Waals surface area contributed by atoms with Gasteiger partial charge in [-0.05, 0) is 55.3 Å². The highest BCUT2D eigenvalue weighted by Crippen LogP contribution is 2.32. The number of hydrogen-bond acceptors (Lipinski definition) is 4. The van der Waals surface area contributed by atoms with E-state index >= 15 is 0 Å². The van der Waals surface area contributed by atoms with Crippen LogP contribution in [0.15, 0.2) is 84.0 Å². The lowest BCUT2D eigenvalue weighted by molar-refractivity contribution is 0.211. The van der Waals surface area contributed by atoms with Crippen LogP contribution in [-0.4, -0.2) is 18.9 Å². The first-order valence-corrected chi connectivity index (χ1v) is 9.79. The molecule has 0 radical (unpaired) electrons. The van der Waals surface area contributed by atoms with Gasteiger partial charge in [0.05, 0.1) is 12.8 Å². The maximum Gasteiger partial charge on any atom is 0.339 e. The molecule has 0 heterocycles. The number of hydrogen-bond donors (Lipinski definition) is 2. The lowest BCUT2D eigenvalue weighted by atomic mass is 10.1. The summed E-state index contributed by atoms with van der Waals surface area (Å²) >= 11 is 0. The summed E-state index contributed by atoms with van der Waals surface area (Å²) in [6.07, 6.45) is 1.44. The van der Waals surface area contributed by atoms with Gasteiger partial charge in [-0.15, -0.1) is 0 Å². The minimum atomic E-state index is -0.417. The van der Waals surface area contributed by atoms with Crippen LogP contribution in [0.25, 0.3) is 0 Å². The molecule has 0 saturated heterocycles. The Labute approximate surface area is 176 Å². The number of nitrogens with one attached hydrogen (secondary N) is 2. The van der Waals surface area contributed by atoms with E-state index in [1.165, 1.54) is 0 Å². The van der Waals surface area contributed by atoms with Gasteiger partial charge in [-0.25, -0.2) is 10.2 Å². The first-order valence-electron chi connectivity index (χ1n) is 9.79. The summed E-state index contributed by atoms with van der Waals surface area (Å²) in [5.74, 6) is 1.28. The van der Waals surface area contributed by atoms with Gasteiger partial charge in [-0.1, -0.05) is 48.5 Å². The van der Waals surface area contributed by atoms with E-state index in [1.807, 2.05) is 80.6 Å². The van der Waals surface area contributed by atoms with Gasteiger partial charge >= 0.3 is 6.03 Å². The second-order valence-corrected chi connectivity index (χ2v) is 6.50.